The number of hydrogen-bond acceptors (Lipinski definition) is 2. The first-order valence-corrected chi connectivity index (χ1v) is 9.07. The van der Waals surface area contributed by atoms with Crippen molar-refractivity contribution in [3.8, 4) is 11.8 Å². The lowest BCUT2D eigenvalue weighted by Crippen LogP contribution is -2.32. The topological polar surface area (TPSA) is 61.4 Å². The maximum atomic E-state index is 12.1. The molecular weight excluding hydrogens is 348 g/mol. The van der Waals surface area contributed by atoms with Crippen LogP contribution in [0.2, 0.25) is 0 Å². The number of rotatable bonds is 4. The Kier molecular flexibility index (Phi) is 6.46. The highest BCUT2D eigenvalue weighted by atomic mass is 16.3. The van der Waals surface area contributed by atoms with Crippen LogP contribution in [0.3, 0.4) is 0 Å². The van der Waals surface area contributed by atoms with E-state index in [4.69, 9.17) is 0 Å². The molecule has 1 unspecified atom stereocenters. The fourth-order valence-electron chi connectivity index (χ4n) is 2.61. The maximum absolute atomic E-state index is 12.1. The largest absolute Gasteiger partial charge is 0.387 e. The Bertz CT molecular complexity index is 986. The molecule has 4 heteroatoms. The second-order valence-corrected chi connectivity index (χ2v) is 6.46. The van der Waals surface area contributed by atoms with Gasteiger partial charge in [-0.2, -0.15) is 0 Å². The van der Waals surface area contributed by atoms with Gasteiger partial charge in [-0.3, -0.25) is 0 Å². The number of carbonyl (C=O) groups excluding carboxylic acids is 1. The molecule has 140 valence electrons. The SMILES string of the molecule is Cc1ccc(C(O)CNC(=O)Nc2cccc(C#Cc3ccccc3)c2)cc1. The lowest BCUT2D eigenvalue weighted by molar-refractivity contribution is 0.175. The molecule has 0 spiro atoms. The normalized spacial score (nSPS) is 11.1. The molecular formula is C24H22N2O2. The fourth-order valence-corrected chi connectivity index (χ4v) is 2.61. The predicted molar refractivity (Wildman–Crippen MR) is 112 cm³/mol. The smallest absolute Gasteiger partial charge is 0.319 e. The summed E-state index contributed by atoms with van der Waals surface area (Å²) in [6.07, 6.45) is -0.755. The summed E-state index contributed by atoms with van der Waals surface area (Å²) in [5.41, 5.74) is 4.27. The number of aliphatic hydroxyl groups is 1. The molecule has 0 aromatic heterocycles. The van der Waals surface area contributed by atoms with Crippen molar-refractivity contribution in [3.63, 3.8) is 0 Å². The van der Waals surface area contributed by atoms with Crippen molar-refractivity contribution in [2.75, 3.05) is 11.9 Å². The number of urea groups is 1. The first-order chi connectivity index (χ1) is 13.6. The van der Waals surface area contributed by atoms with Crippen LogP contribution in [0.25, 0.3) is 0 Å². The van der Waals surface area contributed by atoms with Gasteiger partial charge in [0.15, 0.2) is 0 Å². The first-order valence-electron chi connectivity index (χ1n) is 9.07. The van der Waals surface area contributed by atoms with Crippen molar-refractivity contribution in [1.82, 2.24) is 5.32 Å². The molecule has 0 aliphatic heterocycles. The third-order valence-electron chi connectivity index (χ3n) is 4.16. The molecule has 0 fully saturated rings. The third-order valence-corrected chi connectivity index (χ3v) is 4.16. The lowest BCUT2D eigenvalue weighted by Gasteiger charge is -2.13. The van der Waals surface area contributed by atoms with Crippen LogP contribution in [0.4, 0.5) is 10.5 Å². The van der Waals surface area contributed by atoms with E-state index < -0.39 is 6.10 Å². The monoisotopic (exact) mass is 370 g/mol. The Labute approximate surface area is 165 Å². The molecule has 2 amide bonds. The zero-order valence-electron chi connectivity index (χ0n) is 15.6. The predicted octanol–water partition coefficient (Wildman–Crippen LogP) is 4.25. The highest BCUT2D eigenvalue weighted by Crippen LogP contribution is 2.13. The number of hydrogen-bond donors (Lipinski definition) is 3. The summed E-state index contributed by atoms with van der Waals surface area (Å²) in [6, 6.07) is 24.3. The molecule has 0 bridgehead atoms. The molecule has 0 radical (unpaired) electrons. The number of aryl methyl sites for hydroxylation is 1. The standard InChI is InChI=1S/C24H22N2O2/c1-18-10-14-21(15-11-18)23(27)17-25-24(28)26-22-9-5-8-20(16-22)13-12-19-6-3-2-4-7-19/h2-11,14-16,23,27H,17H2,1H3,(H2,25,26,28). The van der Waals surface area contributed by atoms with Crippen molar-refractivity contribution >= 4 is 11.7 Å². The maximum Gasteiger partial charge on any atom is 0.319 e. The lowest BCUT2D eigenvalue weighted by atomic mass is 10.1. The van der Waals surface area contributed by atoms with E-state index in [1.807, 2.05) is 79.7 Å². The molecule has 3 N–H and O–H groups in total. The van der Waals surface area contributed by atoms with Crippen molar-refractivity contribution in [2.45, 2.75) is 13.0 Å². The van der Waals surface area contributed by atoms with Gasteiger partial charge in [-0.25, -0.2) is 4.79 Å². The molecule has 0 saturated carbocycles. The molecule has 3 aromatic rings. The molecule has 28 heavy (non-hydrogen) atoms. The second kappa shape index (κ2) is 9.40. The average Bonchev–Trinajstić information content (AvgIpc) is 2.72. The first kappa shape index (κ1) is 19.2. The van der Waals surface area contributed by atoms with E-state index in [1.54, 1.807) is 6.07 Å². The minimum Gasteiger partial charge on any atom is -0.387 e. The van der Waals surface area contributed by atoms with Crippen LogP contribution >= 0.6 is 0 Å². The van der Waals surface area contributed by atoms with Crippen molar-refractivity contribution in [3.05, 3.63) is 101 Å². The van der Waals surface area contributed by atoms with Gasteiger partial charge in [0.2, 0.25) is 0 Å². The Morgan fingerprint density at radius 3 is 2.36 bits per heavy atom. The number of carbonyl (C=O) groups is 1. The summed E-state index contributed by atoms with van der Waals surface area (Å²) in [7, 11) is 0. The molecule has 3 aromatic carbocycles. The minimum atomic E-state index is -0.755. The number of nitrogens with one attached hydrogen (secondary N) is 2. The molecule has 1 atom stereocenters. The third kappa shape index (κ3) is 5.73. The molecule has 3 rings (SSSR count). The quantitative estimate of drug-likeness (QED) is 0.601. The summed E-state index contributed by atoms with van der Waals surface area (Å²) in [4.78, 5) is 12.1. The highest BCUT2D eigenvalue weighted by Gasteiger charge is 2.09. The summed E-state index contributed by atoms with van der Waals surface area (Å²) < 4.78 is 0. The molecule has 4 nitrogen and oxygen atoms in total. The van der Waals surface area contributed by atoms with E-state index in [0.29, 0.717) is 5.69 Å². The summed E-state index contributed by atoms with van der Waals surface area (Å²) in [6.45, 7) is 2.11. The minimum absolute atomic E-state index is 0.127. The molecule has 0 aliphatic rings. The molecule has 0 aliphatic carbocycles. The van der Waals surface area contributed by atoms with Gasteiger partial charge >= 0.3 is 6.03 Å². The van der Waals surface area contributed by atoms with Crippen molar-refractivity contribution < 1.29 is 9.90 Å². The van der Waals surface area contributed by atoms with Crippen LogP contribution in [0.1, 0.15) is 28.4 Å². The number of benzene rings is 3. The van der Waals surface area contributed by atoms with Gasteiger partial charge in [0.1, 0.15) is 0 Å². The highest BCUT2D eigenvalue weighted by molar-refractivity contribution is 5.89. The zero-order valence-corrected chi connectivity index (χ0v) is 15.6. The van der Waals surface area contributed by atoms with Gasteiger partial charge in [0.25, 0.3) is 0 Å². The summed E-state index contributed by atoms with van der Waals surface area (Å²) in [5, 5.41) is 15.6. The van der Waals surface area contributed by atoms with Gasteiger partial charge in [-0.05, 0) is 42.8 Å². The Balaban J connectivity index is 1.55. The number of amides is 2. The Hall–Kier alpha value is -3.55. The van der Waals surface area contributed by atoms with Gasteiger partial charge in [0, 0.05) is 23.4 Å². The molecule has 0 saturated heterocycles. The van der Waals surface area contributed by atoms with Gasteiger partial charge in [-0.1, -0.05) is 65.9 Å². The Morgan fingerprint density at radius 1 is 0.929 bits per heavy atom. The Morgan fingerprint density at radius 2 is 1.61 bits per heavy atom. The summed E-state index contributed by atoms with van der Waals surface area (Å²) >= 11 is 0. The van der Waals surface area contributed by atoms with Gasteiger partial charge in [-0.15, -0.1) is 0 Å². The van der Waals surface area contributed by atoms with E-state index in [0.717, 1.165) is 22.3 Å². The van der Waals surface area contributed by atoms with Crippen molar-refractivity contribution in [1.29, 1.82) is 0 Å². The zero-order chi connectivity index (χ0) is 19.8. The number of aliphatic hydroxyl groups excluding tert-OH is 1. The van der Waals surface area contributed by atoms with E-state index in [2.05, 4.69) is 22.5 Å². The van der Waals surface area contributed by atoms with Crippen LogP contribution < -0.4 is 10.6 Å². The average molecular weight is 370 g/mol. The van der Waals surface area contributed by atoms with Crippen LogP contribution in [-0.2, 0) is 0 Å². The van der Waals surface area contributed by atoms with E-state index in [-0.39, 0.29) is 12.6 Å². The second-order valence-electron chi connectivity index (χ2n) is 6.46. The van der Waals surface area contributed by atoms with Crippen LogP contribution in [0, 0.1) is 18.8 Å². The van der Waals surface area contributed by atoms with Crippen LogP contribution in [0.5, 0.6) is 0 Å². The van der Waals surface area contributed by atoms with Crippen molar-refractivity contribution in [2.24, 2.45) is 0 Å². The van der Waals surface area contributed by atoms with Crippen LogP contribution in [0.15, 0.2) is 78.9 Å². The molecule has 0 heterocycles. The van der Waals surface area contributed by atoms with E-state index in [1.165, 1.54) is 0 Å². The summed E-state index contributed by atoms with van der Waals surface area (Å²) in [5.74, 6) is 6.18. The number of anilines is 1. The van der Waals surface area contributed by atoms with E-state index in [9.17, 15) is 9.90 Å². The van der Waals surface area contributed by atoms with Crippen LogP contribution in [-0.4, -0.2) is 17.7 Å². The van der Waals surface area contributed by atoms with Gasteiger partial charge in [0.05, 0.1) is 6.10 Å². The van der Waals surface area contributed by atoms with Gasteiger partial charge < -0.3 is 15.7 Å². The van der Waals surface area contributed by atoms with E-state index >= 15 is 0 Å². The fraction of sp³-hybridized carbons (Fsp3) is 0.125.